The van der Waals surface area contributed by atoms with Crippen LogP contribution in [0.25, 0.3) is 0 Å². The van der Waals surface area contributed by atoms with Gasteiger partial charge in [0.2, 0.25) is 0 Å². The van der Waals surface area contributed by atoms with Crippen LogP contribution >= 0.6 is 36.2 Å². The van der Waals surface area contributed by atoms with Gasteiger partial charge in [-0.3, -0.25) is 9.69 Å². The summed E-state index contributed by atoms with van der Waals surface area (Å²) < 4.78 is 0. The second-order valence-electron chi connectivity index (χ2n) is 5.84. The Morgan fingerprint density at radius 3 is 2.52 bits per heavy atom. The van der Waals surface area contributed by atoms with E-state index in [9.17, 15) is 4.79 Å². The molecule has 0 bridgehead atoms. The number of carbonyl (C=O) groups excluding carboxylic acids is 1. The number of nitrogens with two attached hydrogens (primary N) is 1. The molecule has 5 nitrogen and oxygen atoms in total. The van der Waals surface area contributed by atoms with Crippen molar-refractivity contribution in [1.82, 2.24) is 15.2 Å². The van der Waals surface area contributed by atoms with Crippen LogP contribution in [0, 0.1) is 0 Å². The van der Waals surface area contributed by atoms with Crippen LogP contribution in [0.2, 0.25) is 0 Å². The molecule has 25 heavy (non-hydrogen) atoms. The van der Waals surface area contributed by atoms with Crippen LogP contribution in [0.5, 0.6) is 0 Å². The van der Waals surface area contributed by atoms with Crippen molar-refractivity contribution in [3.8, 4) is 0 Å². The molecule has 2 heterocycles. The predicted molar refractivity (Wildman–Crippen MR) is 107 cm³/mol. The van der Waals surface area contributed by atoms with Crippen molar-refractivity contribution in [2.45, 2.75) is 32.0 Å². The van der Waals surface area contributed by atoms with E-state index in [2.05, 4.69) is 39.5 Å². The Morgan fingerprint density at radius 2 is 1.92 bits per heavy atom. The molecule has 0 radical (unpaired) electrons. The van der Waals surface area contributed by atoms with Crippen LogP contribution < -0.4 is 11.1 Å². The number of hydrogen-bond donors (Lipinski definition) is 2. The lowest BCUT2D eigenvalue weighted by Gasteiger charge is -2.32. The monoisotopic (exact) mass is 402 g/mol. The summed E-state index contributed by atoms with van der Waals surface area (Å²) in [4.78, 5) is 18.9. The average molecular weight is 403 g/mol. The van der Waals surface area contributed by atoms with Crippen molar-refractivity contribution in [1.29, 1.82) is 0 Å². The van der Waals surface area contributed by atoms with Gasteiger partial charge in [-0.15, -0.1) is 36.2 Å². The molecule has 0 aliphatic carbocycles. The van der Waals surface area contributed by atoms with E-state index >= 15 is 0 Å². The Bertz CT molecular complexity index is 645. The lowest BCUT2D eigenvalue weighted by molar-refractivity contribution is 0.0904. The fraction of sp³-hybridized carbons (Fsp3) is 0.412. The van der Waals surface area contributed by atoms with Gasteiger partial charge >= 0.3 is 0 Å². The van der Waals surface area contributed by atoms with Crippen molar-refractivity contribution in [2.75, 3.05) is 13.1 Å². The molecule has 0 atom stereocenters. The van der Waals surface area contributed by atoms with Crippen molar-refractivity contribution in [3.05, 3.63) is 52.0 Å². The molecule has 8 heteroatoms. The maximum atomic E-state index is 12.2. The molecule has 138 valence electrons. The first-order valence-electron chi connectivity index (χ1n) is 7.96. The molecule has 0 spiro atoms. The van der Waals surface area contributed by atoms with Gasteiger partial charge in [0.15, 0.2) is 0 Å². The fourth-order valence-corrected chi connectivity index (χ4v) is 3.50. The predicted octanol–water partition coefficient (Wildman–Crippen LogP) is 2.84. The highest BCUT2D eigenvalue weighted by molar-refractivity contribution is 7.09. The third kappa shape index (κ3) is 6.24. The molecule has 1 fully saturated rings. The fourth-order valence-electron chi connectivity index (χ4n) is 2.85. The third-order valence-corrected chi connectivity index (χ3v) is 5.00. The molecule has 1 aliphatic heterocycles. The highest BCUT2D eigenvalue weighted by atomic mass is 35.5. The second-order valence-corrected chi connectivity index (χ2v) is 6.78. The van der Waals surface area contributed by atoms with E-state index in [1.165, 1.54) is 16.9 Å². The summed E-state index contributed by atoms with van der Waals surface area (Å²) in [5.41, 5.74) is 7.36. The lowest BCUT2D eigenvalue weighted by atomic mass is 10.0. The van der Waals surface area contributed by atoms with Crippen LogP contribution in [0.3, 0.4) is 0 Å². The minimum Gasteiger partial charge on any atom is -0.348 e. The van der Waals surface area contributed by atoms with E-state index in [4.69, 9.17) is 5.73 Å². The number of aromatic nitrogens is 1. The van der Waals surface area contributed by atoms with Crippen LogP contribution in [0.4, 0.5) is 0 Å². The van der Waals surface area contributed by atoms with Crippen molar-refractivity contribution < 1.29 is 4.79 Å². The largest absolute Gasteiger partial charge is 0.348 e. The molecule has 1 saturated heterocycles. The first-order valence-corrected chi connectivity index (χ1v) is 8.84. The quantitative estimate of drug-likeness (QED) is 0.806. The number of carbonyl (C=O) groups is 1. The van der Waals surface area contributed by atoms with Crippen molar-refractivity contribution in [2.24, 2.45) is 5.73 Å². The maximum Gasteiger partial charge on any atom is 0.270 e. The van der Waals surface area contributed by atoms with Gasteiger partial charge in [-0.05, 0) is 18.4 Å². The number of nitrogens with one attached hydrogen (secondary N) is 1. The third-order valence-electron chi connectivity index (χ3n) is 4.13. The number of thiazole rings is 1. The van der Waals surface area contributed by atoms with Crippen LogP contribution in [-0.4, -0.2) is 34.9 Å². The molecule has 1 amide bonds. The van der Waals surface area contributed by atoms with Gasteiger partial charge in [0.05, 0.1) is 0 Å². The molecule has 0 saturated carbocycles. The molecular weight excluding hydrogens is 379 g/mol. The number of halogens is 2. The van der Waals surface area contributed by atoms with E-state index in [-0.39, 0.29) is 36.8 Å². The Balaban J connectivity index is 0.00000156. The van der Waals surface area contributed by atoms with Gasteiger partial charge in [0.1, 0.15) is 10.7 Å². The molecule has 2 aromatic rings. The lowest BCUT2D eigenvalue weighted by Crippen LogP contribution is -2.44. The summed E-state index contributed by atoms with van der Waals surface area (Å²) in [5.74, 6) is -0.0811. The van der Waals surface area contributed by atoms with E-state index in [1.807, 2.05) is 6.07 Å². The Kier molecular flexibility index (Phi) is 9.38. The molecule has 1 aliphatic rings. The molecule has 3 N–H and O–H groups in total. The zero-order valence-corrected chi connectivity index (χ0v) is 16.3. The van der Waals surface area contributed by atoms with E-state index in [1.54, 1.807) is 5.38 Å². The minimum atomic E-state index is -0.0811. The second kappa shape index (κ2) is 10.7. The zero-order valence-electron chi connectivity index (χ0n) is 13.9. The Hall–Kier alpha value is -1.18. The van der Waals surface area contributed by atoms with Crippen LogP contribution in [-0.2, 0) is 13.1 Å². The summed E-state index contributed by atoms with van der Waals surface area (Å²) in [6.07, 6.45) is 1.96. The average Bonchev–Trinajstić information content (AvgIpc) is 3.07. The number of hydrogen-bond acceptors (Lipinski definition) is 5. The van der Waals surface area contributed by atoms with Crippen molar-refractivity contribution in [3.63, 3.8) is 0 Å². The molecule has 0 unspecified atom stereocenters. The van der Waals surface area contributed by atoms with Gasteiger partial charge in [0, 0.05) is 37.6 Å². The number of benzene rings is 1. The highest BCUT2D eigenvalue weighted by Crippen LogP contribution is 2.15. The van der Waals surface area contributed by atoms with Crippen LogP contribution in [0.15, 0.2) is 35.7 Å². The normalized spacial score (nSPS) is 15.1. The molecular formula is C17H24Cl2N4OS. The number of likely N-dealkylation sites (tertiary alicyclic amines) is 1. The molecule has 1 aromatic heterocycles. The van der Waals surface area contributed by atoms with Gasteiger partial charge in [-0.2, -0.15) is 0 Å². The van der Waals surface area contributed by atoms with E-state index in [0.717, 1.165) is 37.5 Å². The van der Waals surface area contributed by atoms with Gasteiger partial charge in [-0.1, -0.05) is 30.3 Å². The highest BCUT2D eigenvalue weighted by Gasteiger charge is 2.22. The van der Waals surface area contributed by atoms with Gasteiger partial charge in [0.25, 0.3) is 5.91 Å². The van der Waals surface area contributed by atoms with E-state index < -0.39 is 0 Å². The summed E-state index contributed by atoms with van der Waals surface area (Å²) in [6.45, 7) is 3.37. The topological polar surface area (TPSA) is 71.2 Å². The van der Waals surface area contributed by atoms with Crippen LogP contribution in [0.1, 0.15) is 33.9 Å². The summed E-state index contributed by atoms with van der Waals surface area (Å²) >= 11 is 1.44. The molecule has 1 aromatic carbocycles. The SMILES string of the molecule is Cl.Cl.NCc1nc(C(=O)NC2CCN(Cc3ccccc3)CC2)cs1. The number of rotatable bonds is 5. The number of amides is 1. The standard InChI is InChI=1S/C17H22N4OS.2ClH/c18-10-16-20-15(12-23-16)17(22)19-14-6-8-21(9-7-14)11-13-4-2-1-3-5-13;;/h1-5,12,14H,6-11,18H2,(H,19,22);2*1H. The summed E-state index contributed by atoms with van der Waals surface area (Å²) in [7, 11) is 0. The van der Waals surface area contributed by atoms with Crippen molar-refractivity contribution >= 4 is 42.1 Å². The Labute approximate surface area is 164 Å². The molecule has 3 rings (SSSR count). The first-order chi connectivity index (χ1) is 11.2. The smallest absolute Gasteiger partial charge is 0.270 e. The summed E-state index contributed by atoms with van der Waals surface area (Å²) in [6, 6.07) is 10.7. The Morgan fingerprint density at radius 1 is 1.24 bits per heavy atom. The number of nitrogens with zero attached hydrogens (tertiary/aromatic N) is 2. The minimum absolute atomic E-state index is 0. The van der Waals surface area contributed by atoms with Gasteiger partial charge < -0.3 is 11.1 Å². The zero-order chi connectivity index (χ0) is 16.1. The van der Waals surface area contributed by atoms with Gasteiger partial charge in [-0.25, -0.2) is 4.98 Å². The van der Waals surface area contributed by atoms with E-state index in [0.29, 0.717) is 12.2 Å². The number of piperidine rings is 1. The summed E-state index contributed by atoms with van der Waals surface area (Å²) in [5, 5.41) is 5.67. The first kappa shape index (κ1) is 21.9. The maximum absolute atomic E-state index is 12.2.